The van der Waals surface area contributed by atoms with Crippen LogP contribution < -0.4 is 5.73 Å². The first-order valence-electron chi connectivity index (χ1n) is 6.44. The highest BCUT2D eigenvalue weighted by Gasteiger charge is 2.12. The standard InChI is InChI=1S/C16H14FN3/c17-14-10-19-8-7-13(14)15(18)9-12-6-5-11-3-1-2-4-16(11)20-12/h1-8,10,15H,9,18H2. The molecule has 0 fully saturated rings. The van der Waals surface area contributed by atoms with Gasteiger partial charge in [-0.15, -0.1) is 0 Å². The number of aromatic nitrogens is 2. The van der Waals surface area contributed by atoms with Gasteiger partial charge in [-0.3, -0.25) is 9.97 Å². The largest absolute Gasteiger partial charge is 0.324 e. The summed E-state index contributed by atoms with van der Waals surface area (Å²) in [6, 6.07) is 13.0. The Morgan fingerprint density at radius 3 is 2.80 bits per heavy atom. The first-order chi connectivity index (χ1) is 9.74. The number of nitrogens with zero attached hydrogens (tertiary/aromatic N) is 2. The average Bonchev–Trinajstić information content (AvgIpc) is 2.47. The third-order valence-electron chi connectivity index (χ3n) is 3.29. The summed E-state index contributed by atoms with van der Waals surface area (Å²) in [5, 5.41) is 1.08. The average molecular weight is 267 g/mol. The van der Waals surface area contributed by atoms with Crippen LogP contribution in [0.1, 0.15) is 17.3 Å². The molecule has 0 aliphatic rings. The fourth-order valence-electron chi connectivity index (χ4n) is 2.24. The number of fused-ring (bicyclic) bond motifs is 1. The molecule has 2 heterocycles. The summed E-state index contributed by atoms with van der Waals surface area (Å²) >= 11 is 0. The number of pyridine rings is 2. The zero-order valence-corrected chi connectivity index (χ0v) is 10.8. The molecule has 1 aromatic carbocycles. The van der Waals surface area contributed by atoms with Crippen LogP contribution in [0.4, 0.5) is 4.39 Å². The van der Waals surface area contributed by atoms with Gasteiger partial charge in [-0.25, -0.2) is 4.39 Å². The van der Waals surface area contributed by atoms with Crippen molar-refractivity contribution < 1.29 is 4.39 Å². The summed E-state index contributed by atoms with van der Waals surface area (Å²) in [6.07, 6.45) is 3.22. The van der Waals surface area contributed by atoms with E-state index in [9.17, 15) is 4.39 Å². The fraction of sp³-hybridized carbons (Fsp3) is 0.125. The SMILES string of the molecule is NC(Cc1ccc2ccccc2n1)c1ccncc1F. The van der Waals surface area contributed by atoms with Crippen LogP contribution in [-0.2, 0) is 6.42 Å². The van der Waals surface area contributed by atoms with Crippen LogP contribution in [0.2, 0.25) is 0 Å². The molecule has 0 saturated carbocycles. The normalized spacial score (nSPS) is 12.5. The van der Waals surface area contributed by atoms with Gasteiger partial charge in [0.05, 0.1) is 11.7 Å². The highest BCUT2D eigenvalue weighted by atomic mass is 19.1. The smallest absolute Gasteiger partial charge is 0.146 e. The zero-order chi connectivity index (χ0) is 13.9. The van der Waals surface area contributed by atoms with Crippen LogP contribution >= 0.6 is 0 Å². The number of hydrogen-bond acceptors (Lipinski definition) is 3. The zero-order valence-electron chi connectivity index (χ0n) is 10.8. The predicted molar refractivity (Wildman–Crippen MR) is 76.6 cm³/mol. The minimum atomic E-state index is -0.424. The van der Waals surface area contributed by atoms with Gasteiger partial charge >= 0.3 is 0 Å². The summed E-state index contributed by atoms with van der Waals surface area (Å²) in [4.78, 5) is 8.28. The minimum Gasteiger partial charge on any atom is -0.324 e. The minimum absolute atomic E-state index is 0.374. The lowest BCUT2D eigenvalue weighted by Gasteiger charge is -2.12. The Morgan fingerprint density at radius 1 is 1.10 bits per heavy atom. The van der Waals surface area contributed by atoms with E-state index in [1.807, 2.05) is 36.4 Å². The quantitative estimate of drug-likeness (QED) is 0.793. The van der Waals surface area contributed by atoms with Crippen molar-refractivity contribution in [2.45, 2.75) is 12.5 Å². The van der Waals surface area contributed by atoms with Crippen molar-refractivity contribution in [1.82, 2.24) is 9.97 Å². The molecular weight excluding hydrogens is 253 g/mol. The van der Waals surface area contributed by atoms with E-state index in [-0.39, 0.29) is 5.82 Å². The summed E-state index contributed by atoms with van der Waals surface area (Å²) in [5.74, 6) is -0.374. The van der Waals surface area contributed by atoms with E-state index >= 15 is 0 Å². The third kappa shape index (κ3) is 2.51. The van der Waals surface area contributed by atoms with Crippen LogP contribution in [0.5, 0.6) is 0 Å². The molecule has 0 spiro atoms. The highest BCUT2D eigenvalue weighted by Crippen LogP contribution is 2.19. The van der Waals surface area contributed by atoms with E-state index in [0.29, 0.717) is 12.0 Å². The second-order valence-electron chi connectivity index (χ2n) is 4.70. The molecule has 0 aliphatic carbocycles. The van der Waals surface area contributed by atoms with Crippen molar-refractivity contribution in [2.75, 3.05) is 0 Å². The molecule has 2 aromatic heterocycles. The van der Waals surface area contributed by atoms with Crippen LogP contribution in [0.3, 0.4) is 0 Å². The molecule has 1 atom stereocenters. The molecule has 4 heteroatoms. The first-order valence-corrected chi connectivity index (χ1v) is 6.44. The lowest BCUT2D eigenvalue weighted by atomic mass is 10.0. The van der Waals surface area contributed by atoms with E-state index in [1.165, 1.54) is 6.20 Å². The number of rotatable bonds is 3. The van der Waals surface area contributed by atoms with Gasteiger partial charge in [-0.1, -0.05) is 24.3 Å². The number of hydrogen-bond donors (Lipinski definition) is 1. The number of halogens is 1. The maximum Gasteiger partial charge on any atom is 0.146 e. The predicted octanol–water partition coefficient (Wildman–Crippen LogP) is 3.01. The maximum atomic E-state index is 13.6. The molecule has 100 valence electrons. The van der Waals surface area contributed by atoms with Gasteiger partial charge in [0.15, 0.2) is 0 Å². The Kier molecular flexibility index (Phi) is 3.39. The van der Waals surface area contributed by atoms with Crippen molar-refractivity contribution in [3.63, 3.8) is 0 Å². The Bertz CT molecular complexity index is 742. The monoisotopic (exact) mass is 267 g/mol. The van der Waals surface area contributed by atoms with Crippen molar-refractivity contribution in [2.24, 2.45) is 5.73 Å². The van der Waals surface area contributed by atoms with Crippen molar-refractivity contribution in [3.8, 4) is 0 Å². The molecule has 3 nitrogen and oxygen atoms in total. The van der Waals surface area contributed by atoms with Crippen LogP contribution in [0.25, 0.3) is 10.9 Å². The molecule has 0 bridgehead atoms. The molecule has 0 saturated heterocycles. The maximum absolute atomic E-state index is 13.6. The summed E-state index contributed by atoms with van der Waals surface area (Å²) in [7, 11) is 0. The molecule has 0 radical (unpaired) electrons. The molecule has 3 aromatic rings. The Morgan fingerprint density at radius 2 is 1.95 bits per heavy atom. The topological polar surface area (TPSA) is 51.8 Å². The van der Waals surface area contributed by atoms with E-state index in [1.54, 1.807) is 12.3 Å². The lowest BCUT2D eigenvalue weighted by molar-refractivity contribution is 0.573. The number of benzene rings is 1. The fourth-order valence-corrected chi connectivity index (χ4v) is 2.24. The highest BCUT2D eigenvalue weighted by molar-refractivity contribution is 5.78. The Labute approximate surface area is 116 Å². The molecule has 2 N–H and O–H groups in total. The van der Waals surface area contributed by atoms with Crippen LogP contribution in [0.15, 0.2) is 54.9 Å². The van der Waals surface area contributed by atoms with Crippen molar-refractivity contribution in [3.05, 3.63) is 71.9 Å². The van der Waals surface area contributed by atoms with Crippen molar-refractivity contribution in [1.29, 1.82) is 0 Å². The summed E-state index contributed by atoms with van der Waals surface area (Å²) in [5.41, 5.74) is 8.31. The van der Waals surface area contributed by atoms with Crippen LogP contribution in [-0.4, -0.2) is 9.97 Å². The molecule has 3 rings (SSSR count). The Hall–Kier alpha value is -2.33. The second-order valence-corrected chi connectivity index (χ2v) is 4.70. The lowest BCUT2D eigenvalue weighted by Crippen LogP contribution is -2.15. The molecular formula is C16H14FN3. The van der Waals surface area contributed by atoms with Gasteiger partial charge in [-0.05, 0) is 18.2 Å². The number of nitrogens with two attached hydrogens (primary N) is 1. The Balaban J connectivity index is 1.87. The van der Waals surface area contributed by atoms with Crippen molar-refractivity contribution >= 4 is 10.9 Å². The molecule has 1 unspecified atom stereocenters. The summed E-state index contributed by atoms with van der Waals surface area (Å²) < 4.78 is 13.6. The van der Waals surface area contributed by atoms with E-state index < -0.39 is 6.04 Å². The molecule has 20 heavy (non-hydrogen) atoms. The summed E-state index contributed by atoms with van der Waals surface area (Å²) in [6.45, 7) is 0. The van der Waals surface area contributed by atoms with Gasteiger partial charge < -0.3 is 5.73 Å². The van der Waals surface area contributed by atoms with E-state index in [4.69, 9.17) is 5.73 Å². The molecule has 0 aliphatic heterocycles. The van der Waals surface area contributed by atoms with Gasteiger partial charge in [-0.2, -0.15) is 0 Å². The van der Waals surface area contributed by atoms with E-state index in [0.717, 1.165) is 16.6 Å². The number of para-hydroxylation sites is 1. The van der Waals surface area contributed by atoms with E-state index in [2.05, 4.69) is 9.97 Å². The van der Waals surface area contributed by atoms with Gasteiger partial charge in [0.2, 0.25) is 0 Å². The van der Waals surface area contributed by atoms with Crippen LogP contribution in [0, 0.1) is 5.82 Å². The van der Waals surface area contributed by atoms with Gasteiger partial charge in [0.25, 0.3) is 0 Å². The van der Waals surface area contributed by atoms with Gasteiger partial charge in [0, 0.05) is 35.3 Å². The van der Waals surface area contributed by atoms with Gasteiger partial charge in [0.1, 0.15) is 5.82 Å². The third-order valence-corrected chi connectivity index (χ3v) is 3.29. The molecule has 0 amide bonds. The second kappa shape index (κ2) is 5.35. The first kappa shape index (κ1) is 12.7.